The van der Waals surface area contributed by atoms with Crippen LogP contribution in [0, 0.1) is 19.8 Å². The van der Waals surface area contributed by atoms with Crippen LogP contribution < -0.4 is 5.73 Å². The molecule has 1 fully saturated rings. The molecule has 62 heavy (non-hydrogen) atoms. The van der Waals surface area contributed by atoms with Crippen LogP contribution in [-0.4, -0.2) is 95.9 Å². The Balaban J connectivity index is 1.85. The van der Waals surface area contributed by atoms with Gasteiger partial charge in [0, 0.05) is 13.2 Å². The van der Waals surface area contributed by atoms with Gasteiger partial charge in [-0.25, -0.2) is 0 Å². The molecule has 13 heteroatoms. The Labute approximate surface area is 370 Å². The Morgan fingerprint density at radius 2 is 1.50 bits per heavy atom. The van der Waals surface area contributed by atoms with E-state index in [9.17, 15) is 20.4 Å². The topological polar surface area (TPSA) is 181 Å². The number of hydrogen-bond acceptors (Lipinski definition) is 13. The van der Waals surface area contributed by atoms with E-state index in [1.807, 2.05) is 86.7 Å². The van der Waals surface area contributed by atoms with Gasteiger partial charge in [0.2, 0.25) is 0 Å². The molecule has 0 saturated carbocycles. The van der Waals surface area contributed by atoms with Crippen LogP contribution in [0.1, 0.15) is 90.2 Å². The van der Waals surface area contributed by atoms with Gasteiger partial charge in [0.15, 0.2) is 12.6 Å². The number of methoxy groups -OCH3 is 1. The van der Waals surface area contributed by atoms with E-state index in [0.717, 1.165) is 17.5 Å². The average molecular weight is 868 g/mol. The van der Waals surface area contributed by atoms with E-state index < -0.39 is 68.2 Å². The standard InChI is InChI=1S/C49H73NO12/c1-8-19-39(28-29-43(52)55-7)61-49-34(5)46(57-32-37-24-16-13-17-25-37)47(35(6)59-49)62-48(54)45(50)41(42(21-10-3)58-33-51)27-18-26-38(11-4)60-44(53)30-40(20-9-2)56-31-36-22-14-12-15-23-36/h12-18,22-26,28-30,34-35,38-40,42-43,46-49,51-54H,1,5,8-11,19-21,27,31-33,50H2,2-4,6-7H3/q-2/b26-18?,29-28?,44-30+,45-41?. The van der Waals surface area contributed by atoms with E-state index in [0.29, 0.717) is 50.7 Å². The molecule has 6 N–H and O–H groups in total. The molecule has 348 valence electrons. The maximum absolute atomic E-state index is 11.7. The maximum atomic E-state index is 11.7. The van der Waals surface area contributed by atoms with Crippen LogP contribution in [-0.2, 0) is 51.1 Å². The van der Waals surface area contributed by atoms with Crippen molar-refractivity contribution < 1.29 is 58.3 Å². The van der Waals surface area contributed by atoms with Crippen LogP contribution in [0.25, 0.3) is 0 Å². The molecule has 1 saturated heterocycles. The van der Waals surface area contributed by atoms with Crippen molar-refractivity contribution in [2.45, 2.75) is 154 Å². The molecule has 1 aliphatic heterocycles. The summed E-state index contributed by atoms with van der Waals surface area (Å²) in [5.74, 6) is -0.870. The number of ether oxygens (including phenoxy) is 8. The molecule has 0 amide bonds. The second-order valence-corrected chi connectivity index (χ2v) is 15.3. The molecule has 2 aromatic rings. The first kappa shape index (κ1) is 52.7. The first-order valence-corrected chi connectivity index (χ1v) is 21.9. The zero-order valence-electron chi connectivity index (χ0n) is 37.3. The predicted octanol–water partition coefficient (Wildman–Crippen LogP) is 7.87. The van der Waals surface area contributed by atoms with Gasteiger partial charge >= 0.3 is 0 Å². The molecule has 1 heterocycles. The van der Waals surface area contributed by atoms with E-state index in [-0.39, 0.29) is 30.8 Å². The Morgan fingerprint density at radius 3 is 2.10 bits per heavy atom. The van der Waals surface area contributed by atoms with Crippen molar-refractivity contribution in [3.8, 4) is 0 Å². The third kappa shape index (κ3) is 18.2. The van der Waals surface area contributed by atoms with Crippen molar-refractivity contribution in [3.05, 3.63) is 133 Å². The number of aliphatic hydroxyl groups excluding tert-OH is 4. The lowest BCUT2D eigenvalue weighted by atomic mass is 9.92. The van der Waals surface area contributed by atoms with Gasteiger partial charge in [0.1, 0.15) is 25.3 Å². The zero-order chi connectivity index (χ0) is 45.3. The summed E-state index contributed by atoms with van der Waals surface area (Å²) in [5, 5.41) is 42.4. The van der Waals surface area contributed by atoms with Crippen LogP contribution >= 0.6 is 0 Å². The van der Waals surface area contributed by atoms with Gasteiger partial charge in [0.25, 0.3) is 5.95 Å². The second-order valence-electron chi connectivity index (χ2n) is 15.3. The van der Waals surface area contributed by atoms with Crippen molar-refractivity contribution in [2.75, 3.05) is 13.9 Å². The second kappa shape index (κ2) is 29.7. The molecule has 0 bridgehead atoms. The zero-order valence-corrected chi connectivity index (χ0v) is 37.3. The Morgan fingerprint density at radius 1 is 0.839 bits per heavy atom. The third-order valence-corrected chi connectivity index (χ3v) is 10.4. The Bertz CT molecular complexity index is 1600. The monoisotopic (exact) mass is 868 g/mol. The number of hydrogen-bond donors (Lipinski definition) is 5. The summed E-state index contributed by atoms with van der Waals surface area (Å²) in [5.41, 5.74) is 9.25. The van der Waals surface area contributed by atoms with Gasteiger partial charge in [-0.15, -0.1) is 0 Å². The lowest BCUT2D eigenvalue weighted by Gasteiger charge is -2.48. The number of benzene rings is 2. The molecule has 1 aliphatic rings. The SMILES string of the molecule is [CH2-]CCC(C=CC(O)OC)OC1OC(C)C(OC(O)C(N)=C(CC=CC(CC)O/C(O)=C/C(CCC)OCc2ccccc2)C(CCC)OCO)C(OCc2ccccc2)C1[CH2-]. The minimum absolute atomic E-state index is 0.0153. The van der Waals surface area contributed by atoms with Crippen LogP contribution in [0.5, 0.6) is 0 Å². The number of aliphatic hydroxyl groups is 4. The van der Waals surface area contributed by atoms with Crippen LogP contribution in [0.15, 0.2) is 108 Å². The fourth-order valence-corrected chi connectivity index (χ4v) is 7.00. The predicted molar refractivity (Wildman–Crippen MR) is 238 cm³/mol. The smallest absolute Gasteiger partial charge is 0.275 e. The van der Waals surface area contributed by atoms with Crippen molar-refractivity contribution in [3.63, 3.8) is 0 Å². The Hall–Kier alpha value is -3.60. The van der Waals surface area contributed by atoms with Gasteiger partial charge in [-0.2, -0.15) is 6.42 Å². The molecule has 0 aliphatic carbocycles. The summed E-state index contributed by atoms with van der Waals surface area (Å²) >= 11 is 0. The summed E-state index contributed by atoms with van der Waals surface area (Å²) in [7, 11) is 1.40. The van der Waals surface area contributed by atoms with E-state index in [1.54, 1.807) is 19.1 Å². The van der Waals surface area contributed by atoms with Crippen molar-refractivity contribution in [1.29, 1.82) is 0 Å². The summed E-state index contributed by atoms with van der Waals surface area (Å²) < 4.78 is 48.3. The highest BCUT2D eigenvalue weighted by atomic mass is 16.7. The van der Waals surface area contributed by atoms with Gasteiger partial charge in [-0.05, 0) is 61.5 Å². The van der Waals surface area contributed by atoms with Gasteiger partial charge < -0.3 is 77.9 Å². The average Bonchev–Trinajstić information content (AvgIpc) is 3.27. The fraction of sp³-hybridized carbons (Fsp3) is 0.551. The largest absolute Gasteiger partial charge is 0.481 e. The van der Waals surface area contributed by atoms with Crippen molar-refractivity contribution in [1.82, 2.24) is 0 Å². The minimum atomic E-state index is -1.63. The minimum Gasteiger partial charge on any atom is -0.481 e. The van der Waals surface area contributed by atoms with Gasteiger partial charge in [0.05, 0.1) is 49.4 Å². The molecule has 13 nitrogen and oxygen atoms in total. The van der Waals surface area contributed by atoms with Crippen LogP contribution in [0.4, 0.5) is 0 Å². The maximum Gasteiger partial charge on any atom is 0.275 e. The molecule has 0 radical (unpaired) electrons. The van der Waals surface area contributed by atoms with E-state index in [1.165, 1.54) is 13.2 Å². The van der Waals surface area contributed by atoms with Gasteiger partial charge in [-0.1, -0.05) is 119 Å². The molecule has 0 aromatic heterocycles. The normalized spacial score (nSPS) is 23.2. The van der Waals surface area contributed by atoms with Crippen molar-refractivity contribution in [2.24, 2.45) is 11.7 Å². The van der Waals surface area contributed by atoms with E-state index in [2.05, 4.69) is 20.8 Å². The summed E-state index contributed by atoms with van der Waals surface area (Å²) in [6.45, 7) is 16.2. The molecular weight excluding hydrogens is 795 g/mol. The molecule has 0 spiro atoms. The number of allylic oxidation sites excluding steroid dienone is 1. The highest BCUT2D eigenvalue weighted by Crippen LogP contribution is 2.34. The fourth-order valence-electron chi connectivity index (χ4n) is 7.00. The summed E-state index contributed by atoms with van der Waals surface area (Å²) in [6, 6.07) is 19.5. The highest BCUT2D eigenvalue weighted by Gasteiger charge is 2.43. The third-order valence-electron chi connectivity index (χ3n) is 10.4. The van der Waals surface area contributed by atoms with E-state index in [4.69, 9.17) is 43.6 Å². The molecular formula is C49H73NO12-2. The molecule has 3 rings (SSSR count). The number of rotatable bonds is 30. The quantitative estimate of drug-likeness (QED) is 0.0222. The lowest BCUT2D eigenvalue weighted by molar-refractivity contribution is -0.306. The molecule has 11 unspecified atom stereocenters. The Kier molecular flexibility index (Phi) is 25.3. The highest BCUT2D eigenvalue weighted by molar-refractivity contribution is 5.22. The molecule has 11 atom stereocenters. The van der Waals surface area contributed by atoms with E-state index >= 15 is 0 Å². The molecule has 2 aromatic carbocycles. The van der Waals surface area contributed by atoms with Crippen molar-refractivity contribution >= 4 is 0 Å². The first-order chi connectivity index (χ1) is 30.0. The summed E-state index contributed by atoms with van der Waals surface area (Å²) in [6.07, 6.45) is 5.34. The van der Waals surface area contributed by atoms with Crippen LogP contribution in [0.2, 0.25) is 0 Å². The van der Waals surface area contributed by atoms with Gasteiger partial charge in [-0.3, -0.25) is 0 Å². The number of nitrogens with two attached hydrogens (primary N) is 1. The lowest BCUT2D eigenvalue weighted by Crippen LogP contribution is -2.57. The summed E-state index contributed by atoms with van der Waals surface area (Å²) in [4.78, 5) is 0. The van der Waals surface area contributed by atoms with Crippen LogP contribution in [0.3, 0.4) is 0 Å². The first-order valence-electron chi connectivity index (χ1n) is 21.9.